The van der Waals surface area contributed by atoms with E-state index in [-0.39, 0.29) is 5.69 Å². The van der Waals surface area contributed by atoms with Gasteiger partial charge in [-0.3, -0.25) is 25.0 Å². The lowest BCUT2D eigenvalue weighted by Gasteiger charge is -2.41. The summed E-state index contributed by atoms with van der Waals surface area (Å²) in [5, 5.41) is 5.92. The van der Waals surface area contributed by atoms with Crippen molar-refractivity contribution < 1.29 is 32.3 Å². The molecule has 2 heterocycles. The Bertz CT molecular complexity index is 790. The fourth-order valence-electron chi connectivity index (χ4n) is 3.44. The van der Waals surface area contributed by atoms with Gasteiger partial charge in [-0.2, -0.15) is 13.2 Å². The highest BCUT2D eigenvalue weighted by molar-refractivity contribution is 6.16. The normalized spacial score (nSPS) is 21.2. The maximum atomic E-state index is 12.3. The Morgan fingerprint density at radius 3 is 2.21 bits per heavy atom. The van der Waals surface area contributed by atoms with Crippen LogP contribution in [0.2, 0.25) is 0 Å². The van der Waals surface area contributed by atoms with Gasteiger partial charge in [-0.05, 0) is 43.5 Å². The van der Waals surface area contributed by atoms with E-state index >= 15 is 0 Å². The summed E-state index contributed by atoms with van der Waals surface area (Å²) in [5.41, 5.74) is 0.561. The van der Waals surface area contributed by atoms with Gasteiger partial charge in [0.15, 0.2) is 0 Å². The van der Waals surface area contributed by atoms with E-state index in [2.05, 4.69) is 10.6 Å². The molecule has 5 amide bonds. The van der Waals surface area contributed by atoms with Crippen LogP contribution in [0, 0.1) is 5.92 Å². The van der Waals surface area contributed by atoms with Crippen molar-refractivity contribution in [2.75, 3.05) is 16.8 Å². The summed E-state index contributed by atoms with van der Waals surface area (Å²) in [6.07, 6.45) is -2.87. The molecule has 2 aliphatic heterocycles. The van der Waals surface area contributed by atoms with Gasteiger partial charge in [0, 0.05) is 24.0 Å². The highest BCUT2D eigenvalue weighted by atomic mass is 19.4. The molecule has 8 nitrogen and oxygen atoms in total. The van der Waals surface area contributed by atoms with Crippen LogP contribution in [0.25, 0.3) is 0 Å². The summed E-state index contributed by atoms with van der Waals surface area (Å²) in [4.78, 5) is 48.5. The molecule has 2 fully saturated rings. The van der Waals surface area contributed by atoms with Gasteiger partial charge in [0.1, 0.15) is 5.92 Å². The number of anilines is 2. The van der Waals surface area contributed by atoms with Gasteiger partial charge in [-0.15, -0.1) is 0 Å². The second-order valence-electron chi connectivity index (χ2n) is 6.54. The number of amides is 5. The zero-order valence-electron chi connectivity index (χ0n) is 14.5. The van der Waals surface area contributed by atoms with E-state index in [9.17, 15) is 32.3 Å². The summed E-state index contributed by atoms with van der Waals surface area (Å²) in [6, 6.07) is 4.28. The van der Waals surface area contributed by atoms with Crippen LogP contribution in [-0.4, -0.2) is 42.5 Å². The average molecular weight is 398 g/mol. The standard InChI is InChI=1S/C17H17F3N4O4/c18-17(19,20)15(27)21-9-4-6-10(7-5-9)24-8-2-1-3-11(24)12-13(25)22-16(28)23-14(12)26/h4-7,11-12H,1-3,8H2,(H,21,27)(H2,22,23,25,26,28). The molecule has 3 rings (SSSR count). The van der Waals surface area contributed by atoms with Gasteiger partial charge in [-0.1, -0.05) is 0 Å². The van der Waals surface area contributed by atoms with Crippen molar-refractivity contribution in [2.24, 2.45) is 5.92 Å². The number of rotatable bonds is 3. The topological polar surface area (TPSA) is 108 Å². The van der Waals surface area contributed by atoms with Crippen molar-refractivity contribution in [3.63, 3.8) is 0 Å². The predicted octanol–water partition coefficient (Wildman–Crippen LogP) is 1.53. The van der Waals surface area contributed by atoms with E-state index < -0.39 is 41.9 Å². The number of halogens is 3. The van der Waals surface area contributed by atoms with Crippen molar-refractivity contribution in [2.45, 2.75) is 31.5 Å². The largest absolute Gasteiger partial charge is 0.471 e. The third-order valence-corrected chi connectivity index (χ3v) is 4.69. The van der Waals surface area contributed by atoms with Crippen molar-refractivity contribution in [3.05, 3.63) is 24.3 Å². The van der Waals surface area contributed by atoms with Crippen LogP contribution in [0.1, 0.15) is 19.3 Å². The summed E-state index contributed by atoms with van der Waals surface area (Å²) in [7, 11) is 0. The third kappa shape index (κ3) is 4.07. The smallest absolute Gasteiger partial charge is 0.367 e. The Kier molecular flexibility index (Phi) is 5.25. The minimum Gasteiger partial charge on any atom is -0.367 e. The van der Waals surface area contributed by atoms with Gasteiger partial charge in [0.05, 0.1) is 0 Å². The first-order chi connectivity index (χ1) is 13.2. The molecule has 0 aromatic heterocycles. The Balaban J connectivity index is 1.79. The molecule has 150 valence electrons. The first kappa shape index (κ1) is 19.6. The van der Waals surface area contributed by atoms with Crippen LogP contribution in [-0.2, 0) is 14.4 Å². The molecule has 11 heteroatoms. The lowest BCUT2D eigenvalue weighted by atomic mass is 9.87. The van der Waals surface area contributed by atoms with Crippen LogP contribution >= 0.6 is 0 Å². The monoisotopic (exact) mass is 398 g/mol. The third-order valence-electron chi connectivity index (χ3n) is 4.69. The molecule has 1 aromatic carbocycles. The molecule has 1 unspecified atom stereocenters. The zero-order chi connectivity index (χ0) is 20.5. The van der Waals surface area contributed by atoms with E-state index in [1.165, 1.54) is 24.3 Å². The summed E-state index contributed by atoms with van der Waals surface area (Å²) < 4.78 is 37.0. The number of urea groups is 1. The molecule has 0 saturated carbocycles. The SMILES string of the molecule is O=C1NC(=O)C(C2CCCCN2c2ccc(NC(=O)C(F)(F)F)cc2)C(=O)N1. The lowest BCUT2D eigenvalue weighted by molar-refractivity contribution is -0.167. The molecule has 2 saturated heterocycles. The Morgan fingerprint density at radius 1 is 1.04 bits per heavy atom. The van der Waals surface area contributed by atoms with Crippen molar-refractivity contribution in [3.8, 4) is 0 Å². The van der Waals surface area contributed by atoms with E-state index in [1.807, 2.05) is 4.90 Å². The maximum absolute atomic E-state index is 12.3. The zero-order valence-corrected chi connectivity index (χ0v) is 14.5. The number of benzene rings is 1. The van der Waals surface area contributed by atoms with Crippen molar-refractivity contribution >= 4 is 35.1 Å². The van der Waals surface area contributed by atoms with E-state index in [0.717, 1.165) is 12.8 Å². The minimum atomic E-state index is -4.99. The molecule has 0 radical (unpaired) electrons. The summed E-state index contributed by atoms with van der Waals surface area (Å²) >= 11 is 0. The first-order valence-electron chi connectivity index (χ1n) is 8.57. The Morgan fingerprint density at radius 2 is 1.64 bits per heavy atom. The molecule has 2 aliphatic rings. The Hall–Kier alpha value is -3.11. The van der Waals surface area contributed by atoms with Crippen LogP contribution in [0.4, 0.5) is 29.3 Å². The fourth-order valence-corrected chi connectivity index (χ4v) is 3.44. The fraction of sp³-hybridized carbons (Fsp3) is 0.412. The number of hydrogen-bond acceptors (Lipinski definition) is 5. The van der Waals surface area contributed by atoms with Crippen molar-refractivity contribution in [1.82, 2.24) is 10.6 Å². The first-order valence-corrected chi connectivity index (χ1v) is 8.57. The summed E-state index contributed by atoms with van der Waals surface area (Å²) in [5.74, 6) is -4.52. The Labute approximate surface area is 157 Å². The number of carbonyl (C=O) groups is 4. The number of alkyl halides is 3. The van der Waals surface area contributed by atoms with Crippen LogP contribution in [0.15, 0.2) is 24.3 Å². The van der Waals surface area contributed by atoms with E-state index in [1.54, 1.807) is 5.32 Å². The van der Waals surface area contributed by atoms with Gasteiger partial charge in [0.25, 0.3) is 0 Å². The number of piperidine rings is 1. The average Bonchev–Trinajstić information content (AvgIpc) is 2.61. The van der Waals surface area contributed by atoms with E-state index in [4.69, 9.17) is 0 Å². The second-order valence-corrected chi connectivity index (χ2v) is 6.54. The van der Waals surface area contributed by atoms with Gasteiger partial charge in [0.2, 0.25) is 11.8 Å². The van der Waals surface area contributed by atoms with Crippen molar-refractivity contribution in [1.29, 1.82) is 0 Å². The molecule has 0 aliphatic carbocycles. The molecular weight excluding hydrogens is 381 g/mol. The lowest BCUT2D eigenvalue weighted by Crippen LogP contribution is -2.62. The van der Waals surface area contributed by atoms with Crippen LogP contribution in [0.5, 0.6) is 0 Å². The number of nitrogens with zero attached hydrogens (tertiary/aromatic N) is 1. The number of nitrogens with one attached hydrogen (secondary N) is 3. The highest BCUT2D eigenvalue weighted by Gasteiger charge is 2.43. The molecule has 0 bridgehead atoms. The number of barbiturate groups is 1. The van der Waals surface area contributed by atoms with Gasteiger partial charge < -0.3 is 10.2 Å². The van der Waals surface area contributed by atoms with Crippen LogP contribution < -0.4 is 20.9 Å². The molecule has 1 atom stereocenters. The van der Waals surface area contributed by atoms with Gasteiger partial charge >= 0.3 is 18.1 Å². The maximum Gasteiger partial charge on any atom is 0.471 e. The predicted molar refractivity (Wildman–Crippen MR) is 91.3 cm³/mol. The summed E-state index contributed by atoms with van der Waals surface area (Å²) in [6.45, 7) is 0.532. The van der Waals surface area contributed by atoms with Crippen LogP contribution in [0.3, 0.4) is 0 Å². The number of carbonyl (C=O) groups excluding carboxylic acids is 4. The minimum absolute atomic E-state index is 0.0293. The second kappa shape index (κ2) is 7.49. The highest BCUT2D eigenvalue weighted by Crippen LogP contribution is 2.31. The molecule has 1 aromatic rings. The quantitative estimate of drug-likeness (QED) is 0.670. The van der Waals surface area contributed by atoms with Gasteiger partial charge in [-0.25, -0.2) is 4.79 Å². The number of imide groups is 2. The molecule has 0 spiro atoms. The number of hydrogen-bond donors (Lipinski definition) is 3. The molecule has 3 N–H and O–H groups in total. The molecule has 28 heavy (non-hydrogen) atoms. The molecular formula is C17H17F3N4O4. The van der Waals surface area contributed by atoms with E-state index in [0.29, 0.717) is 18.7 Å².